The fraction of sp³-hybridized carbons (Fsp3) is 0.200. The van der Waals surface area contributed by atoms with E-state index in [0.29, 0.717) is 17.9 Å². The third-order valence-corrected chi connectivity index (χ3v) is 5.68. The van der Waals surface area contributed by atoms with E-state index in [1.165, 1.54) is 25.1 Å². The van der Waals surface area contributed by atoms with Gasteiger partial charge in [0.2, 0.25) is 0 Å². The lowest BCUT2D eigenvalue weighted by Gasteiger charge is -2.27. The van der Waals surface area contributed by atoms with E-state index in [2.05, 4.69) is 4.40 Å². The predicted octanol–water partition coefficient (Wildman–Crippen LogP) is 2.22. The molecule has 0 saturated heterocycles. The van der Waals surface area contributed by atoms with Crippen molar-refractivity contribution in [3.63, 3.8) is 0 Å². The summed E-state index contributed by atoms with van der Waals surface area (Å²) < 4.78 is 34.9. The van der Waals surface area contributed by atoms with Gasteiger partial charge in [-0.15, -0.1) is 4.40 Å². The molecule has 0 fully saturated rings. The largest absolute Gasteiger partial charge is 0.497 e. The normalized spacial score (nSPS) is 15.5. The van der Waals surface area contributed by atoms with E-state index in [1.54, 1.807) is 31.3 Å². The van der Waals surface area contributed by atoms with Gasteiger partial charge in [0.1, 0.15) is 11.4 Å². The third-order valence-electron chi connectivity index (χ3n) is 4.37. The van der Waals surface area contributed by atoms with E-state index >= 15 is 0 Å². The van der Waals surface area contributed by atoms with E-state index in [0.717, 1.165) is 9.87 Å². The monoisotopic (exact) mass is 399 g/mol. The first-order valence-electron chi connectivity index (χ1n) is 8.56. The lowest BCUT2D eigenvalue weighted by molar-refractivity contribution is -0.127. The molecule has 1 aliphatic rings. The number of benzene rings is 2. The Kier molecular flexibility index (Phi) is 5.51. The Morgan fingerprint density at radius 3 is 2.54 bits per heavy atom. The Hall–Kier alpha value is -3.13. The minimum atomic E-state index is -4.01. The molecule has 1 amide bonds. The van der Waals surface area contributed by atoms with Gasteiger partial charge in [-0.2, -0.15) is 8.42 Å². The number of likely N-dealkylation sites (N-methyl/N-ethyl adjacent to an activating group) is 2. The lowest BCUT2D eigenvalue weighted by atomic mass is 10.1. The van der Waals surface area contributed by atoms with Crippen molar-refractivity contribution in [1.29, 1.82) is 0 Å². The van der Waals surface area contributed by atoms with Crippen LogP contribution in [0.15, 0.2) is 70.8 Å². The molecule has 0 unspecified atom stereocenters. The van der Waals surface area contributed by atoms with Gasteiger partial charge in [-0.25, -0.2) is 4.31 Å². The summed E-state index contributed by atoms with van der Waals surface area (Å²) >= 11 is 0. The fourth-order valence-electron chi connectivity index (χ4n) is 2.80. The minimum Gasteiger partial charge on any atom is -0.497 e. The number of allylic oxidation sites excluding steroid dienone is 1. The Labute approximate surface area is 164 Å². The summed E-state index contributed by atoms with van der Waals surface area (Å²) in [7, 11) is 0.462. The first kappa shape index (κ1) is 19.6. The summed E-state index contributed by atoms with van der Waals surface area (Å²) in [6, 6.07) is 16.3. The fourth-order valence-corrected chi connectivity index (χ4v) is 3.70. The van der Waals surface area contributed by atoms with Crippen molar-refractivity contribution < 1.29 is 17.9 Å². The molecule has 0 atom stereocenters. The molecular weight excluding hydrogens is 378 g/mol. The summed E-state index contributed by atoms with van der Waals surface area (Å²) in [6.45, 7) is 0.358. The SMILES string of the molecule is COc1cccc(C2=NS(=O)(=O)N(C)C(C(=O)N(C)Cc3ccccc3)=C2)c1. The molecule has 0 aliphatic carbocycles. The summed E-state index contributed by atoms with van der Waals surface area (Å²) in [4.78, 5) is 14.4. The molecule has 0 saturated carbocycles. The van der Waals surface area contributed by atoms with Crippen molar-refractivity contribution in [1.82, 2.24) is 9.21 Å². The Bertz CT molecular complexity index is 1050. The van der Waals surface area contributed by atoms with Crippen LogP contribution in [0.1, 0.15) is 11.1 Å². The molecule has 0 spiro atoms. The molecule has 0 N–H and O–H groups in total. The maximum Gasteiger partial charge on any atom is 0.345 e. The second-order valence-corrected chi connectivity index (χ2v) is 7.96. The van der Waals surface area contributed by atoms with Crippen LogP contribution in [-0.4, -0.2) is 50.4 Å². The molecule has 2 aromatic carbocycles. The van der Waals surface area contributed by atoms with Gasteiger partial charge in [0.15, 0.2) is 0 Å². The van der Waals surface area contributed by atoms with Crippen molar-refractivity contribution >= 4 is 21.8 Å². The molecule has 146 valence electrons. The molecule has 0 aromatic heterocycles. The number of rotatable bonds is 5. The van der Waals surface area contributed by atoms with Crippen LogP contribution in [0, 0.1) is 0 Å². The van der Waals surface area contributed by atoms with E-state index in [9.17, 15) is 13.2 Å². The quantitative estimate of drug-likeness (QED) is 0.772. The molecule has 7 nitrogen and oxygen atoms in total. The average molecular weight is 399 g/mol. The smallest absolute Gasteiger partial charge is 0.345 e. The van der Waals surface area contributed by atoms with Crippen molar-refractivity contribution in [2.45, 2.75) is 6.54 Å². The van der Waals surface area contributed by atoms with Gasteiger partial charge in [0, 0.05) is 26.2 Å². The van der Waals surface area contributed by atoms with Crippen molar-refractivity contribution in [2.75, 3.05) is 21.2 Å². The highest BCUT2D eigenvalue weighted by molar-refractivity contribution is 7.88. The number of ether oxygens (including phenoxy) is 1. The van der Waals surface area contributed by atoms with Gasteiger partial charge in [0.05, 0.1) is 12.8 Å². The zero-order valence-corrected chi connectivity index (χ0v) is 16.7. The van der Waals surface area contributed by atoms with Crippen LogP contribution < -0.4 is 4.74 Å². The van der Waals surface area contributed by atoms with Gasteiger partial charge in [0.25, 0.3) is 5.91 Å². The number of nitrogens with zero attached hydrogens (tertiary/aromatic N) is 3. The molecule has 8 heteroatoms. The standard InChI is InChI=1S/C20H21N3O4S/c1-22(14-15-8-5-4-6-9-15)20(24)19-13-18(21-28(25,26)23(19)2)16-10-7-11-17(12-16)27-3/h4-13H,14H2,1-3H3. The van der Waals surface area contributed by atoms with Gasteiger partial charge < -0.3 is 9.64 Å². The Balaban J connectivity index is 1.95. The highest BCUT2D eigenvalue weighted by Gasteiger charge is 2.31. The van der Waals surface area contributed by atoms with E-state index in [1.807, 2.05) is 30.3 Å². The summed E-state index contributed by atoms with van der Waals surface area (Å²) in [5.74, 6) is 0.157. The van der Waals surface area contributed by atoms with Crippen molar-refractivity contribution in [2.24, 2.45) is 4.40 Å². The van der Waals surface area contributed by atoms with Crippen LogP contribution in [0.3, 0.4) is 0 Å². The number of hydrogen-bond acceptors (Lipinski definition) is 4. The van der Waals surface area contributed by atoms with Gasteiger partial charge in [-0.3, -0.25) is 4.79 Å². The molecule has 1 aliphatic heterocycles. The van der Waals surface area contributed by atoms with Gasteiger partial charge in [-0.05, 0) is 23.8 Å². The second kappa shape index (κ2) is 7.85. The Morgan fingerprint density at radius 1 is 1.14 bits per heavy atom. The van der Waals surface area contributed by atoms with Crippen LogP contribution >= 0.6 is 0 Å². The zero-order chi connectivity index (χ0) is 20.3. The lowest BCUT2D eigenvalue weighted by Crippen LogP contribution is -2.39. The molecular formula is C20H21N3O4S. The van der Waals surface area contributed by atoms with Crippen LogP contribution in [0.25, 0.3) is 0 Å². The van der Waals surface area contributed by atoms with Crippen LogP contribution in [0.5, 0.6) is 5.75 Å². The summed E-state index contributed by atoms with van der Waals surface area (Å²) in [5.41, 5.74) is 1.72. The maximum absolute atomic E-state index is 13.0. The molecule has 0 radical (unpaired) electrons. The minimum absolute atomic E-state index is 0.0336. The average Bonchev–Trinajstić information content (AvgIpc) is 2.70. The predicted molar refractivity (Wildman–Crippen MR) is 107 cm³/mol. The number of hydrogen-bond donors (Lipinski definition) is 0. The van der Waals surface area contributed by atoms with Crippen LogP contribution in [0.4, 0.5) is 0 Å². The van der Waals surface area contributed by atoms with Crippen molar-refractivity contribution in [3.05, 3.63) is 77.5 Å². The number of methoxy groups -OCH3 is 1. The van der Waals surface area contributed by atoms with Crippen LogP contribution in [0.2, 0.25) is 0 Å². The molecule has 0 bridgehead atoms. The number of carbonyl (C=O) groups excluding carboxylic acids is 1. The first-order valence-corrected chi connectivity index (χ1v) is 9.96. The van der Waals surface area contributed by atoms with E-state index in [4.69, 9.17) is 4.74 Å². The van der Waals surface area contributed by atoms with Crippen LogP contribution in [-0.2, 0) is 21.5 Å². The number of carbonyl (C=O) groups is 1. The summed E-state index contributed by atoms with van der Waals surface area (Å²) in [6.07, 6.45) is 1.49. The topological polar surface area (TPSA) is 79.3 Å². The maximum atomic E-state index is 13.0. The van der Waals surface area contributed by atoms with Crippen molar-refractivity contribution in [3.8, 4) is 5.75 Å². The second-order valence-electron chi connectivity index (χ2n) is 6.33. The van der Waals surface area contributed by atoms with Gasteiger partial charge in [-0.1, -0.05) is 42.5 Å². The third kappa shape index (κ3) is 4.07. The first-order chi connectivity index (χ1) is 13.3. The molecule has 28 heavy (non-hydrogen) atoms. The zero-order valence-electron chi connectivity index (χ0n) is 15.9. The summed E-state index contributed by atoms with van der Waals surface area (Å²) in [5, 5.41) is 0. The molecule has 1 heterocycles. The highest BCUT2D eigenvalue weighted by atomic mass is 32.2. The van der Waals surface area contributed by atoms with E-state index < -0.39 is 16.1 Å². The van der Waals surface area contributed by atoms with Gasteiger partial charge >= 0.3 is 10.2 Å². The highest BCUT2D eigenvalue weighted by Crippen LogP contribution is 2.23. The Morgan fingerprint density at radius 2 is 1.86 bits per heavy atom. The number of amides is 1. The van der Waals surface area contributed by atoms with E-state index in [-0.39, 0.29) is 11.4 Å². The molecule has 2 aromatic rings. The molecule has 3 rings (SSSR count).